The van der Waals surface area contributed by atoms with Crippen molar-refractivity contribution in [1.29, 1.82) is 0 Å². The number of halogens is 1. The molecule has 5 nitrogen and oxygen atoms in total. The van der Waals surface area contributed by atoms with Crippen LogP contribution < -0.4 is 5.56 Å². The molecule has 0 aliphatic carbocycles. The highest BCUT2D eigenvalue weighted by Crippen LogP contribution is 2.32. The van der Waals surface area contributed by atoms with Crippen LogP contribution in [0, 0.1) is 5.92 Å². The Labute approximate surface area is 190 Å². The van der Waals surface area contributed by atoms with Crippen LogP contribution in [-0.2, 0) is 0 Å². The SMILES string of the molecule is CCC(C)C(c1nc2ccc(Cl)cc2[nH]1)n1c(-c2ccccc2)nc2ccccc2c1=O. The largest absolute Gasteiger partial charge is 0.340 e. The molecule has 2 unspecified atom stereocenters. The van der Waals surface area contributed by atoms with E-state index in [0.717, 1.165) is 28.8 Å². The first-order valence-corrected chi connectivity index (χ1v) is 11.2. The van der Waals surface area contributed by atoms with Crippen LogP contribution >= 0.6 is 11.6 Å². The second kappa shape index (κ2) is 8.24. The lowest BCUT2D eigenvalue weighted by Gasteiger charge is -2.26. The van der Waals surface area contributed by atoms with Crippen molar-refractivity contribution in [3.05, 3.63) is 94.0 Å². The first-order valence-electron chi connectivity index (χ1n) is 10.8. The molecule has 160 valence electrons. The van der Waals surface area contributed by atoms with E-state index in [1.54, 1.807) is 0 Å². The highest BCUT2D eigenvalue weighted by atomic mass is 35.5. The molecular weight excluding hydrogens is 420 g/mol. The molecule has 0 spiro atoms. The standard InChI is InChI=1S/C26H23ClN4O/c1-3-16(2)23(24-28-21-14-13-18(27)15-22(21)29-24)31-25(17-9-5-4-6-10-17)30-20-12-8-7-11-19(20)26(31)32/h4-16,23H,3H2,1-2H3,(H,28,29). The van der Waals surface area contributed by atoms with Gasteiger partial charge in [-0.15, -0.1) is 0 Å². The van der Waals surface area contributed by atoms with Crippen molar-refractivity contribution in [2.75, 3.05) is 0 Å². The van der Waals surface area contributed by atoms with Gasteiger partial charge < -0.3 is 4.98 Å². The fourth-order valence-electron chi connectivity index (χ4n) is 4.21. The number of aromatic nitrogens is 4. The molecule has 1 N–H and O–H groups in total. The van der Waals surface area contributed by atoms with Crippen LogP contribution in [0.1, 0.15) is 32.1 Å². The normalized spacial score (nSPS) is 13.5. The molecule has 2 heterocycles. The molecular formula is C26H23ClN4O. The third kappa shape index (κ3) is 3.49. The van der Waals surface area contributed by atoms with Gasteiger partial charge in [0.15, 0.2) is 0 Å². The highest BCUT2D eigenvalue weighted by molar-refractivity contribution is 6.31. The lowest BCUT2D eigenvalue weighted by atomic mass is 9.97. The van der Waals surface area contributed by atoms with Crippen molar-refractivity contribution in [2.45, 2.75) is 26.3 Å². The summed E-state index contributed by atoms with van der Waals surface area (Å²) in [6, 6.07) is 22.6. The average molecular weight is 443 g/mol. The molecule has 5 aromatic rings. The van der Waals surface area contributed by atoms with E-state index in [2.05, 4.69) is 18.8 Å². The Hall–Kier alpha value is -3.44. The van der Waals surface area contributed by atoms with E-state index in [9.17, 15) is 4.79 Å². The lowest BCUT2D eigenvalue weighted by Crippen LogP contribution is -2.32. The van der Waals surface area contributed by atoms with E-state index in [4.69, 9.17) is 21.6 Å². The third-order valence-electron chi connectivity index (χ3n) is 6.04. The number of hydrogen-bond donors (Lipinski definition) is 1. The number of aromatic amines is 1. The van der Waals surface area contributed by atoms with E-state index < -0.39 is 0 Å². The molecule has 0 radical (unpaired) electrons. The van der Waals surface area contributed by atoms with Crippen molar-refractivity contribution < 1.29 is 0 Å². The minimum Gasteiger partial charge on any atom is -0.340 e. The molecule has 0 aliphatic heterocycles. The second-order valence-electron chi connectivity index (χ2n) is 8.11. The maximum Gasteiger partial charge on any atom is 0.262 e. The summed E-state index contributed by atoms with van der Waals surface area (Å²) >= 11 is 6.20. The summed E-state index contributed by atoms with van der Waals surface area (Å²) < 4.78 is 1.81. The average Bonchev–Trinajstić information content (AvgIpc) is 3.23. The predicted octanol–water partition coefficient (Wildman–Crippen LogP) is 6.23. The van der Waals surface area contributed by atoms with Crippen molar-refractivity contribution >= 4 is 33.5 Å². The van der Waals surface area contributed by atoms with Gasteiger partial charge in [-0.05, 0) is 36.2 Å². The quantitative estimate of drug-likeness (QED) is 0.351. The van der Waals surface area contributed by atoms with Crippen LogP contribution in [0.3, 0.4) is 0 Å². The molecule has 6 heteroatoms. The number of para-hydroxylation sites is 1. The fourth-order valence-corrected chi connectivity index (χ4v) is 4.38. The number of imidazole rings is 1. The maximum atomic E-state index is 13.9. The first-order chi connectivity index (χ1) is 15.6. The summed E-state index contributed by atoms with van der Waals surface area (Å²) in [5.74, 6) is 1.50. The van der Waals surface area contributed by atoms with Gasteiger partial charge in [-0.2, -0.15) is 0 Å². The Morgan fingerprint density at radius 2 is 1.72 bits per heavy atom. The number of benzene rings is 3. The number of fused-ring (bicyclic) bond motifs is 2. The molecule has 2 aromatic heterocycles. The van der Waals surface area contributed by atoms with E-state index in [-0.39, 0.29) is 17.5 Å². The van der Waals surface area contributed by atoms with Crippen molar-refractivity contribution in [3.63, 3.8) is 0 Å². The summed E-state index contributed by atoms with van der Waals surface area (Å²) in [6.07, 6.45) is 0.871. The second-order valence-corrected chi connectivity index (χ2v) is 8.54. The predicted molar refractivity (Wildman–Crippen MR) is 130 cm³/mol. The Kier molecular flexibility index (Phi) is 5.27. The zero-order chi connectivity index (χ0) is 22.2. The van der Waals surface area contributed by atoms with E-state index in [1.807, 2.05) is 77.4 Å². The summed E-state index contributed by atoms with van der Waals surface area (Å²) in [5.41, 5.74) is 3.18. The lowest BCUT2D eigenvalue weighted by molar-refractivity contribution is 0.376. The molecule has 0 saturated heterocycles. The van der Waals surface area contributed by atoms with Gasteiger partial charge in [0.05, 0.1) is 28.0 Å². The van der Waals surface area contributed by atoms with Crippen LogP contribution in [0.2, 0.25) is 5.02 Å². The zero-order valence-electron chi connectivity index (χ0n) is 17.9. The number of H-pyrrole nitrogens is 1. The fraction of sp³-hybridized carbons (Fsp3) is 0.192. The summed E-state index contributed by atoms with van der Waals surface area (Å²) in [7, 11) is 0. The van der Waals surface area contributed by atoms with Crippen molar-refractivity contribution in [3.8, 4) is 11.4 Å². The van der Waals surface area contributed by atoms with E-state index >= 15 is 0 Å². The number of nitrogens with one attached hydrogen (secondary N) is 1. The minimum absolute atomic E-state index is 0.0711. The van der Waals surface area contributed by atoms with Crippen molar-refractivity contribution in [1.82, 2.24) is 19.5 Å². The molecule has 0 bridgehead atoms. The topological polar surface area (TPSA) is 63.6 Å². The van der Waals surface area contributed by atoms with Gasteiger partial charge in [-0.1, -0.05) is 74.3 Å². The van der Waals surface area contributed by atoms with E-state index in [1.165, 1.54) is 0 Å². The van der Waals surface area contributed by atoms with Crippen LogP contribution in [0.5, 0.6) is 0 Å². The zero-order valence-corrected chi connectivity index (χ0v) is 18.7. The van der Waals surface area contributed by atoms with Gasteiger partial charge in [0.25, 0.3) is 5.56 Å². The number of rotatable bonds is 5. The molecule has 0 amide bonds. The summed E-state index contributed by atoms with van der Waals surface area (Å²) in [4.78, 5) is 27.1. The molecule has 0 aliphatic rings. The monoisotopic (exact) mass is 442 g/mol. The van der Waals surface area contributed by atoms with Gasteiger partial charge in [0.2, 0.25) is 0 Å². The smallest absolute Gasteiger partial charge is 0.262 e. The molecule has 2 atom stereocenters. The Balaban J connectivity index is 1.84. The number of hydrogen-bond acceptors (Lipinski definition) is 3. The third-order valence-corrected chi connectivity index (χ3v) is 6.28. The van der Waals surface area contributed by atoms with Gasteiger partial charge in [0.1, 0.15) is 11.6 Å². The van der Waals surface area contributed by atoms with Gasteiger partial charge in [-0.3, -0.25) is 9.36 Å². The molecule has 3 aromatic carbocycles. The van der Waals surface area contributed by atoms with Crippen LogP contribution in [-0.4, -0.2) is 19.5 Å². The summed E-state index contributed by atoms with van der Waals surface area (Å²) in [6.45, 7) is 4.26. The van der Waals surface area contributed by atoms with Gasteiger partial charge >= 0.3 is 0 Å². The Bertz CT molecular complexity index is 1470. The maximum absolute atomic E-state index is 13.9. The van der Waals surface area contributed by atoms with Gasteiger partial charge in [-0.25, -0.2) is 9.97 Å². The molecule has 0 saturated carbocycles. The summed E-state index contributed by atoms with van der Waals surface area (Å²) in [5, 5.41) is 1.24. The molecule has 32 heavy (non-hydrogen) atoms. The van der Waals surface area contributed by atoms with Crippen molar-refractivity contribution in [2.24, 2.45) is 5.92 Å². The van der Waals surface area contributed by atoms with Crippen LogP contribution in [0.15, 0.2) is 77.6 Å². The Morgan fingerprint density at radius 3 is 2.50 bits per heavy atom. The van der Waals surface area contributed by atoms with Crippen LogP contribution in [0.25, 0.3) is 33.3 Å². The van der Waals surface area contributed by atoms with Gasteiger partial charge in [0, 0.05) is 10.6 Å². The Morgan fingerprint density at radius 1 is 0.969 bits per heavy atom. The molecule has 5 rings (SSSR count). The number of nitrogens with zero attached hydrogens (tertiary/aromatic N) is 3. The van der Waals surface area contributed by atoms with Crippen LogP contribution in [0.4, 0.5) is 0 Å². The van der Waals surface area contributed by atoms with E-state index in [0.29, 0.717) is 21.7 Å². The molecule has 0 fully saturated rings. The first kappa shape index (κ1) is 20.5. The minimum atomic E-state index is -0.314. The highest BCUT2D eigenvalue weighted by Gasteiger charge is 2.28.